The first-order valence-corrected chi connectivity index (χ1v) is 8.70. The minimum Gasteiger partial charge on any atom is -0.377 e. The van der Waals surface area contributed by atoms with Gasteiger partial charge in [0.25, 0.3) is 0 Å². The largest absolute Gasteiger partial charge is 0.377 e. The lowest BCUT2D eigenvalue weighted by atomic mass is 9.88. The normalized spacial score (nSPS) is 29.4. The number of amides is 2. The number of aliphatic hydroxyl groups excluding tert-OH is 1. The molecule has 4 atom stereocenters. The Morgan fingerprint density at radius 1 is 1.32 bits per heavy atom. The van der Waals surface area contributed by atoms with Crippen molar-refractivity contribution in [3.8, 4) is 0 Å². The van der Waals surface area contributed by atoms with E-state index in [0.29, 0.717) is 13.1 Å². The number of nitrogens with zero attached hydrogens (tertiary/aromatic N) is 1. The number of carbonyl (C=O) groups is 2. The molecule has 2 aliphatic heterocycles. The Hall–Kier alpha value is -1.99. The van der Waals surface area contributed by atoms with Gasteiger partial charge in [-0.05, 0) is 18.4 Å². The fraction of sp³-hybridized carbons (Fsp3) is 0.556. The zero-order chi connectivity index (χ0) is 17.8. The zero-order valence-corrected chi connectivity index (χ0v) is 14.0. The molecule has 2 saturated heterocycles. The summed E-state index contributed by atoms with van der Waals surface area (Å²) in [6, 6.07) is 9.31. The van der Waals surface area contributed by atoms with E-state index >= 15 is 0 Å². The molecule has 0 aliphatic carbocycles. The molecular weight excluding hydrogens is 325 g/mol. The van der Waals surface area contributed by atoms with Crippen molar-refractivity contribution in [2.75, 3.05) is 26.4 Å². The predicted molar refractivity (Wildman–Crippen MR) is 90.4 cm³/mol. The van der Waals surface area contributed by atoms with Gasteiger partial charge in [-0.25, -0.2) is 4.39 Å². The smallest absolute Gasteiger partial charge is 0.240 e. The number of likely N-dealkylation sites (tertiary alicyclic amines) is 1. The second kappa shape index (κ2) is 7.93. The molecule has 0 spiro atoms. The fourth-order valence-electron chi connectivity index (χ4n) is 3.77. The Balaban J connectivity index is 1.67. The molecule has 0 unspecified atom stereocenters. The highest BCUT2D eigenvalue weighted by Crippen LogP contribution is 2.29. The topological polar surface area (TPSA) is 81.7 Å². The Kier molecular flexibility index (Phi) is 5.65. The number of piperidine rings is 1. The number of hydrogen-bond donors (Lipinski definition) is 3. The van der Waals surface area contributed by atoms with Crippen LogP contribution >= 0.6 is 0 Å². The van der Waals surface area contributed by atoms with Gasteiger partial charge in [-0.3, -0.25) is 9.59 Å². The lowest BCUT2D eigenvalue weighted by Crippen LogP contribution is -2.58. The van der Waals surface area contributed by atoms with E-state index in [-0.39, 0.29) is 24.8 Å². The van der Waals surface area contributed by atoms with Crippen molar-refractivity contribution in [1.29, 1.82) is 0 Å². The van der Waals surface area contributed by atoms with Crippen LogP contribution in [0.2, 0.25) is 0 Å². The molecular formula is C18H24FN3O3. The Labute approximate surface area is 146 Å². The lowest BCUT2D eigenvalue weighted by molar-refractivity contribution is -0.140. The van der Waals surface area contributed by atoms with E-state index in [0.717, 1.165) is 6.42 Å². The molecule has 0 radical (unpaired) electrons. The molecule has 2 fully saturated rings. The summed E-state index contributed by atoms with van der Waals surface area (Å²) in [5.74, 6) is -1.18. The monoisotopic (exact) mass is 349 g/mol. The zero-order valence-electron chi connectivity index (χ0n) is 14.0. The summed E-state index contributed by atoms with van der Waals surface area (Å²) in [5.41, 5.74) is 1.20. The number of halogens is 1. The number of rotatable bonds is 4. The van der Waals surface area contributed by atoms with E-state index in [4.69, 9.17) is 5.11 Å². The SMILES string of the molecule is O=C(NCO)[C@H]1C[C@@H](F)CN[C@@H]1C(=O)N1CC[C@H](c2ccccc2)C1. The van der Waals surface area contributed by atoms with Gasteiger partial charge >= 0.3 is 0 Å². The molecule has 0 aromatic heterocycles. The number of nitrogens with one attached hydrogen (secondary N) is 2. The third-order valence-corrected chi connectivity index (χ3v) is 5.10. The van der Waals surface area contributed by atoms with Gasteiger partial charge in [-0.1, -0.05) is 30.3 Å². The maximum absolute atomic E-state index is 13.7. The summed E-state index contributed by atoms with van der Waals surface area (Å²) >= 11 is 0. The molecule has 1 aromatic rings. The average molecular weight is 349 g/mol. The van der Waals surface area contributed by atoms with Gasteiger partial charge in [0.1, 0.15) is 12.9 Å². The van der Waals surface area contributed by atoms with Crippen molar-refractivity contribution in [3.05, 3.63) is 35.9 Å². The highest BCUT2D eigenvalue weighted by molar-refractivity contribution is 5.90. The van der Waals surface area contributed by atoms with Crippen LogP contribution in [0.25, 0.3) is 0 Å². The maximum atomic E-state index is 13.7. The third-order valence-electron chi connectivity index (χ3n) is 5.10. The van der Waals surface area contributed by atoms with Crippen molar-refractivity contribution >= 4 is 11.8 Å². The molecule has 0 saturated carbocycles. The van der Waals surface area contributed by atoms with Crippen LogP contribution in [0.3, 0.4) is 0 Å². The van der Waals surface area contributed by atoms with Crippen molar-refractivity contribution in [2.24, 2.45) is 5.92 Å². The first-order valence-electron chi connectivity index (χ1n) is 8.70. The van der Waals surface area contributed by atoms with Gasteiger partial charge in [-0.2, -0.15) is 0 Å². The molecule has 2 aliphatic rings. The van der Waals surface area contributed by atoms with Gasteiger partial charge < -0.3 is 20.6 Å². The molecule has 25 heavy (non-hydrogen) atoms. The van der Waals surface area contributed by atoms with Gasteiger partial charge in [0.05, 0.1) is 12.0 Å². The quantitative estimate of drug-likeness (QED) is 0.687. The Morgan fingerprint density at radius 2 is 2.08 bits per heavy atom. The van der Waals surface area contributed by atoms with Crippen molar-refractivity contribution in [1.82, 2.24) is 15.5 Å². The Morgan fingerprint density at radius 3 is 2.80 bits per heavy atom. The fourth-order valence-corrected chi connectivity index (χ4v) is 3.77. The van der Waals surface area contributed by atoms with E-state index < -0.39 is 30.8 Å². The first kappa shape index (κ1) is 17.8. The van der Waals surface area contributed by atoms with Crippen LogP contribution in [0.5, 0.6) is 0 Å². The van der Waals surface area contributed by atoms with Crippen LogP contribution in [-0.2, 0) is 9.59 Å². The lowest BCUT2D eigenvalue weighted by Gasteiger charge is -2.34. The molecule has 7 heteroatoms. The molecule has 1 aromatic carbocycles. The van der Waals surface area contributed by atoms with E-state index in [1.54, 1.807) is 4.90 Å². The summed E-state index contributed by atoms with van der Waals surface area (Å²) in [6.45, 7) is 0.778. The molecule has 2 amide bonds. The average Bonchev–Trinajstić information content (AvgIpc) is 3.12. The van der Waals surface area contributed by atoms with Crippen molar-refractivity contribution < 1.29 is 19.1 Å². The summed E-state index contributed by atoms with van der Waals surface area (Å²) in [4.78, 5) is 26.8. The van der Waals surface area contributed by atoms with Crippen LogP contribution in [0.4, 0.5) is 4.39 Å². The van der Waals surface area contributed by atoms with Crippen LogP contribution < -0.4 is 10.6 Å². The van der Waals surface area contributed by atoms with Gasteiger partial charge in [0, 0.05) is 25.6 Å². The minimum absolute atomic E-state index is 0.00874. The Bertz CT molecular complexity index is 613. The molecule has 3 rings (SSSR count). The van der Waals surface area contributed by atoms with Gasteiger partial charge in [0.15, 0.2) is 0 Å². The molecule has 3 N–H and O–H groups in total. The van der Waals surface area contributed by atoms with Gasteiger partial charge in [-0.15, -0.1) is 0 Å². The van der Waals surface area contributed by atoms with Crippen LogP contribution in [0, 0.1) is 5.92 Å². The summed E-state index contributed by atoms with van der Waals surface area (Å²) in [5, 5.41) is 14.1. The van der Waals surface area contributed by atoms with Crippen LogP contribution in [-0.4, -0.2) is 60.4 Å². The highest BCUT2D eigenvalue weighted by Gasteiger charge is 2.42. The third kappa shape index (κ3) is 3.99. The molecule has 2 heterocycles. The van der Waals surface area contributed by atoms with Crippen LogP contribution in [0.15, 0.2) is 30.3 Å². The summed E-state index contributed by atoms with van der Waals surface area (Å²) in [6.07, 6.45) is -0.304. The molecule has 0 bridgehead atoms. The molecule has 6 nitrogen and oxygen atoms in total. The highest BCUT2D eigenvalue weighted by atomic mass is 19.1. The minimum atomic E-state index is -1.17. The van der Waals surface area contributed by atoms with Gasteiger partial charge in [0.2, 0.25) is 11.8 Å². The summed E-state index contributed by atoms with van der Waals surface area (Å²) < 4.78 is 13.7. The number of benzene rings is 1. The van der Waals surface area contributed by atoms with E-state index in [1.165, 1.54) is 5.56 Å². The summed E-state index contributed by atoms with van der Waals surface area (Å²) in [7, 11) is 0. The van der Waals surface area contributed by atoms with E-state index in [1.807, 2.05) is 18.2 Å². The standard InChI is InChI=1S/C18H24FN3O3/c19-14-8-15(17(24)21-11-23)16(20-9-14)18(25)22-7-6-13(10-22)12-4-2-1-3-5-12/h1-5,13-16,20,23H,6-11H2,(H,21,24)/t13-,14+,15-,16-/m0/s1. The second-order valence-electron chi connectivity index (χ2n) is 6.71. The van der Waals surface area contributed by atoms with Crippen molar-refractivity contribution in [2.45, 2.75) is 31.0 Å². The number of alkyl halides is 1. The van der Waals surface area contributed by atoms with E-state index in [9.17, 15) is 14.0 Å². The maximum Gasteiger partial charge on any atom is 0.240 e. The number of aliphatic hydroxyl groups is 1. The first-order chi connectivity index (χ1) is 12.1. The number of carbonyl (C=O) groups excluding carboxylic acids is 2. The van der Waals surface area contributed by atoms with Crippen LogP contribution in [0.1, 0.15) is 24.3 Å². The predicted octanol–water partition coefficient (Wildman–Crippen LogP) is 0.385. The van der Waals surface area contributed by atoms with Crippen molar-refractivity contribution in [3.63, 3.8) is 0 Å². The van der Waals surface area contributed by atoms with E-state index in [2.05, 4.69) is 22.8 Å². The second-order valence-corrected chi connectivity index (χ2v) is 6.71. The number of hydrogen-bond acceptors (Lipinski definition) is 4. The molecule has 136 valence electrons.